The van der Waals surface area contributed by atoms with E-state index in [1.54, 1.807) is 30.3 Å². The Labute approximate surface area is 218 Å². The molecule has 2 atom stereocenters. The maximum Gasteiger partial charge on any atom is 0.201 e. The average molecular weight is 509 g/mol. The highest BCUT2D eigenvalue weighted by molar-refractivity contribution is 5.71. The Morgan fingerprint density at radius 3 is 2.27 bits per heavy atom. The third-order valence-electron chi connectivity index (χ3n) is 7.07. The molecule has 0 spiro atoms. The van der Waals surface area contributed by atoms with E-state index in [0.29, 0.717) is 35.8 Å². The van der Waals surface area contributed by atoms with Crippen LogP contribution in [0.1, 0.15) is 63.5 Å². The lowest BCUT2D eigenvalue weighted by Crippen LogP contribution is -2.19. The van der Waals surface area contributed by atoms with E-state index in [1.807, 2.05) is 12.1 Å². The maximum atomic E-state index is 14.9. The van der Waals surface area contributed by atoms with Crippen LogP contribution in [-0.4, -0.2) is 13.2 Å². The Bertz CT molecular complexity index is 1180. The molecule has 3 aromatic carbocycles. The fourth-order valence-corrected chi connectivity index (χ4v) is 4.77. The topological polar surface area (TPSA) is 18.5 Å². The van der Waals surface area contributed by atoms with Crippen molar-refractivity contribution in [2.45, 2.75) is 58.0 Å². The molecular formula is C32H35F3O2. The van der Waals surface area contributed by atoms with Gasteiger partial charge in [0.1, 0.15) is 5.82 Å². The highest BCUT2D eigenvalue weighted by atomic mass is 19.2. The van der Waals surface area contributed by atoms with Crippen LogP contribution in [0.25, 0.3) is 22.3 Å². The van der Waals surface area contributed by atoms with Crippen molar-refractivity contribution in [3.8, 4) is 28.0 Å². The second kappa shape index (κ2) is 13.0. The summed E-state index contributed by atoms with van der Waals surface area (Å²) in [7, 11) is 0. The molecule has 0 radical (unpaired) electrons. The molecule has 1 fully saturated rings. The highest BCUT2D eigenvalue weighted by Gasteiger charge is 2.24. The van der Waals surface area contributed by atoms with Crippen molar-refractivity contribution >= 4 is 0 Å². The molecule has 1 saturated heterocycles. The quantitative estimate of drug-likeness (QED) is 0.190. The molecule has 5 heteroatoms. The van der Waals surface area contributed by atoms with Crippen LogP contribution in [0, 0.1) is 23.4 Å². The summed E-state index contributed by atoms with van der Waals surface area (Å²) in [5.74, 6) is -1.96. The van der Waals surface area contributed by atoms with Gasteiger partial charge in [-0.1, -0.05) is 75.1 Å². The summed E-state index contributed by atoms with van der Waals surface area (Å²) in [6.07, 6.45) is 8.59. The molecule has 3 aromatic rings. The Morgan fingerprint density at radius 2 is 1.59 bits per heavy atom. The number of unbranched alkanes of at least 4 members (excludes halogenated alkanes) is 4. The molecule has 0 saturated carbocycles. The first-order valence-corrected chi connectivity index (χ1v) is 13.3. The lowest BCUT2D eigenvalue weighted by atomic mass is 9.93. The summed E-state index contributed by atoms with van der Waals surface area (Å²) in [6.45, 7) is 6.87. The maximum absolute atomic E-state index is 14.9. The molecule has 0 aliphatic carbocycles. The van der Waals surface area contributed by atoms with Gasteiger partial charge in [0.05, 0.1) is 19.3 Å². The van der Waals surface area contributed by atoms with Gasteiger partial charge in [0.15, 0.2) is 11.6 Å². The minimum atomic E-state index is -0.975. The van der Waals surface area contributed by atoms with Crippen LogP contribution < -0.4 is 4.74 Å². The Hall–Kier alpha value is -3.05. The third kappa shape index (κ3) is 6.64. The van der Waals surface area contributed by atoms with Crippen LogP contribution in [0.4, 0.5) is 13.2 Å². The predicted molar refractivity (Wildman–Crippen MR) is 143 cm³/mol. The molecule has 2 unspecified atom stereocenters. The van der Waals surface area contributed by atoms with Gasteiger partial charge in [0.25, 0.3) is 0 Å². The molecule has 0 bridgehead atoms. The Morgan fingerprint density at radius 1 is 0.865 bits per heavy atom. The van der Waals surface area contributed by atoms with Crippen molar-refractivity contribution in [2.75, 3.05) is 13.2 Å². The van der Waals surface area contributed by atoms with Crippen LogP contribution in [0.3, 0.4) is 0 Å². The molecule has 0 aromatic heterocycles. The minimum Gasteiger partial charge on any atom is -0.490 e. The molecule has 0 amide bonds. The molecule has 1 aliphatic rings. The fraction of sp³-hybridized carbons (Fsp3) is 0.375. The molecule has 0 N–H and O–H groups in total. The van der Waals surface area contributed by atoms with Gasteiger partial charge in [0.2, 0.25) is 5.82 Å². The van der Waals surface area contributed by atoms with E-state index in [-0.39, 0.29) is 23.2 Å². The lowest BCUT2D eigenvalue weighted by molar-refractivity contribution is -0.00700. The number of hydrogen-bond donors (Lipinski definition) is 0. The summed E-state index contributed by atoms with van der Waals surface area (Å²) in [5.41, 5.74) is 2.75. The van der Waals surface area contributed by atoms with Crippen LogP contribution >= 0.6 is 0 Å². The first-order chi connectivity index (χ1) is 18.0. The van der Waals surface area contributed by atoms with Crippen molar-refractivity contribution in [1.29, 1.82) is 0 Å². The summed E-state index contributed by atoms with van der Waals surface area (Å²) in [4.78, 5) is 0. The van der Waals surface area contributed by atoms with Crippen molar-refractivity contribution in [2.24, 2.45) is 5.92 Å². The zero-order chi connectivity index (χ0) is 26.2. The van der Waals surface area contributed by atoms with E-state index >= 15 is 0 Å². The first kappa shape index (κ1) is 27.0. The lowest BCUT2D eigenvalue weighted by Gasteiger charge is -2.28. The second-order valence-electron chi connectivity index (χ2n) is 9.71. The van der Waals surface area contributed by atoms with Gasteiger partial charge in [-0.2, -0.15) is 4.39 Å². The van der Waals surface area contributed by atoms with E-state index in [2.05, 4.69) is 13.5 Å². The van der Waals surface area contributed by atoms with Gasteiger partial charge in [-0.05, 0) is 54.2 Å². The van der Waals surface area contributed by atoms with E-state index in [1.165, 1.54) is 24.6 Å². The van der Waals surface area contributed by atoms with Crippen LogP contribution in [0.15, 0.2) is 67.3 Å². The smallest absolute Gasteiger partial charge is 0.201 e. The number of halogens is 3. The van der Waals surface area contributed by atoms with E-state index in [4.69, 9.17) is 9.47 Å². The average Bonchev–Trinajstić information content (AvgIpc) is 2.93. The summed E-state index contributed by atoms with van der Waals surface area (Å²) in [5, 5.41) is 0. The van der Waals surface area contributed by atoms with Crippen molar-refractivity contribution in [3.05, 3.63) is 90.3 Å². The number of ether oxygens (including phenoxy) is 2. The summed E-state index contributed by atoms with van der Waals surface area (Å²) < 4.78 is 55.8. The zero-order valence-corrected chi connectivity index (χ0v) is 21.4. The monoisotopic (exact) mass is 508 g/mol. The molecule has 4 rings (SSSR count). The second-order valence-corrected chi connectivity index (χ2v) is 9.71. The van der Waals surface area contributed by atoms with Crippen LogP contribution in [-0.2, 0) is 4.74 Å². The van der Waals surface area contributed by atoms with Crippen molar-refractivity contribution in [1.82, 2.24) is 0 Å². The van der Waals surface area contributed by atoms with E-state index < -0.39 is 11.6 Å². The minimum absolute atomic E-state index is 0.0640. The molecule has 1 heterocycles. The van der Waals surface area contributed by atoms with E-state index in [9.17, 15) is 13.2 Å². The predicted octanol–water partition coefficient (Wildman–Crippen LogP) is 9.44. The van der Waals surface area contributed by atoms with Gasteiger partial charge in [0, 0.05) is 17.0 Å². The number of benzene rings is 3. The largest absolute Gasteiger partial charge is 0.490 e. The molecule has 2 nitrogen and oxygen atoms in total. The van der Waals surface area contributed by atoms with Crippen LogP contribution in [0.5, 0.6) is 5.75 Å². The standard InChI is InChI=1S/C32H35F3O2/c1-3-5-6-7-8-19-36-30-18-16-26(31(34)32(30)35)24-12-10-23(11-13-24)25-14-15-27(28(33)20-25)29-17-9-22(4-2)21-37-29/h4,10-16,18,20,22,29H,2-3,5-9,17,19,21H2,1H3. The SMILES string of the molecule is C=CC1CCC(c2ccc(-c3ccc(-c4ccc(OCCCCCCC)c(F)c4F)cc3)cc2F)OC1. The summed E-state index contributed by atoms with van der Waals surface area (Å²) in [6, 6.07) is 15.2. The van der Waals surface area contributed by atoms with Crippen molar-refractivity contribution in [3.63, 3.8) is 0 Å². The van der Waals surface area contributed by atoms with Crippen LogP contribution in [0.2, 0.25) is 0 Å². The van der Waals surface area contributed by atoms with Gasteiger partial charge in [-0.3, -0.25) is 0 Å². The summed E-state index contributed by atoms with van der Waals surface area (Å²) >= 11 is 0. The molecule has 1 aliphatic heterocycles. The van der Waals surface area contributed by atoms with Gasteiger partial charge in [-0.15, -0.1) is 6.58 Å². The third-order valence-corrected chi connectivity index (χ3v) is 7.07. The number of hydrogen-bond acceptors (Lipinski definition) is 2. The molecule has 196 valence electrons. The van der Waals surface area contributed by atoms with Crippen molar-refractivity contribution < 1.29 is 22.6 Å². The fourth-order valence-electron chi connectivity index (χ4n) is 4.77. The zero-order valence-electron chi connectivity index (χ0n) is 21.4. The van der Waals surface area contributed by atoms with E-state index in [0.717, 1.165) is 44.1 Å². The highest BCUT2D eigenvalue weighted by Crippen LogP contribution is 2.35. The van der Waals surface area contributed by atoms with Gasteiger partial charge >= 0.3 is 0 Å². The molecular weight excluding hydrogens is 473 g/mol. The number of rotatable bonds is 11. The molecule has 37 heavy (non-hydrogen) atoms. The van der Waals surface area contributed by atoms with Gasteiger partial charge < -0.3 is 9.47 Å². The Kier molecular flexibility index (Phi) is 9.45. The normalized spacial score (nSPS) is 17.5. The van der Waals surface area contributed by atoms with Gasteiger partial charge in [-0.25, -0.2) is 8.78 Å². The first-order valence-electron chi connectivity index (χ1n) is 13.3. The Balaban J connectivity index is 1.42.